The summed E-state index contributed by atoms with van der Waals surface area (Å²) in [7, 11) is 1.37. The fraction of sp³-hybridized carbons (Fsp3) is 0.115. The van der Waals surface area contributed by atoms with Crippen molar-refractivity contribution < 1.29 is 14.3 Å². The summed E-state index contributed by atoms with van der Waals surface area (Å²) in [6.07, 6.45) is 1.69. The Morgan fingerprint density at radius 3 is 2.66 bits per heavy atom. The predicted octanol–water partition coefficient (Wildman–Crippen LogP) is 4.53. The molecule has 5 rings (SSSR count). The van der Waals surface area contributed by atoms with Gasteiger partial charge in [0, 0.05) is 17.2 Å². The Morgan fingerprint density at radius 1 is 1.09 bits per heavy atom. The number of hydrogen-bond acceptors (Lipinski definition) is 7. The summed E-state index contributed by atoms with van der Waals surface area (Å²) < 4.78 is 13.0. The maximum absolute atomic E-state index is 12.5. The van der Waals surface area contributed by atoms with Gasteiger partial charge < -0.3 is 9.47 Å². The Hall–Kier alpha value is -4.79. The van der Waals surface area contributed by atoms with E-state index in [2.05, 4.69) is 32.2 Å². The lowest BCUT2D eigenvalue weighted by molar-refractivity contribution is 0.0602. The third-order valence-electron chi connectivity index (χ3n) is 5.63. The molecule has 0 aliphatic heterocycles. The van der Waals surface area contributed by atoms with E-state index < -0.39 is 5.97 Å². The van der Waals surface area contributed by atoms with Gasteiger partial charge in [-0.05, 0) is 42.0 Å². The van der Waals surface area contributed by atoms with Gasteiger partial charge in [-0.3, -0.25) is 4.57 Å². The molecule has 0 radical (unpaired) electrons. The summed E-state index contributed by atoms with van der Waals surface area (Å²) in [5.74, 6) is 1.42. The van der Waals surface area contributed by atoms with E-state index in [-0.39, 0.29) is 0 Å². The first-order valence-electron chi connectivity index (χ1n) is 10.9. The van der Waals surface area contributed by atoms with Crippen molar-refractivity contribution in [1.29, 1.82) is 0 Å². The molecule has 0 saturated heterocycles. The molecular weight excluding hydrogens is 444 g/mol. The highest BCUT2D eigenvalue weighted by Gasteiger charge is 2.20. The number of nitrogens with one attached hydrogen (secondary N) is 1. The van der Waals surface area contributed by atoms with Crippen LogP contribution in [0.1, 0.15) is 16.2 Å². The van der Waals surface area contributed by atoms with Crippen molar-refractivity contribution in [3.8, 4) is 34.0 Å². The number of carbonyl (C=O) groups is 1. The van der Waals surface area contributed by atoms with Crippen LogP contribution in [0.3, 0.4) is 0 Å². The zero-order chi connectivity index (χ0) is 24.4. The summed E-state index contributed by atoms with van der Waals surface area (Å²) in [5, 5.41) is 14.5. The average Bonchev–Trinajstić information content (AvgIpc) is 3.54. The van der Waals surface area contributed by atoms with Crippen LogP contribution in [-0.2, 0) is 4.74 Å². The van der Waals surface area contributed by atoms with E-state index in [9.17, 15) is 4.79 Å². The van der Waals surface area contributed by atoms with Crippen molar-refractivity contribution in [1.82, 2.24) is 30.2 Å². The standard InChI is InChI=1S/C26H22N6O3/c1-4-14-35-23-15-17(32-16(2)27-22-11-7-10-21(24(22)32)26(33)34-3)12-13-19(23)18-8-5-6-9-20(18)25-28-30-31-29-25/h4-13,15H,1,14H2,2-3H3,(H,28,29,30,31). The van der Waals surface area contributed by atoms with E-state index in [0.717, 1.165) is 28.2 Å². The monoisotopic (exact) mass is 466 g/mol. The number of tetrazole rings is 1. The average molecular weight is 467 g/mol. The van der Waals surface area contributed by atoms with Gasteiger partial charge in [0.25, 0.3) is 0 Å². The molecular formula is C26H22N6O3. The molecule has 35 heavy (non-hydrogen) atoms. The van der Waals surface area contributed by atoms with E-state index in [1.165, 1.54) is 7.11 Å². The number of nitrogens with zero attached hydrogens (tertiary/aromatic N) is 5. The summed E-state index contributed by atoms with van der Waals surface area (Å²) in [6.45, 7) is 5.99. The summed E-state index contributed by atoms with van der Waals surface area (Å²) in [4.78, 5) is 17.2. The number of hydrogen-bond donors (Lipinski definition) is 1. The van der Waals surface area contributed by atoms with Gasteiger partial charge >= 0.3 is 5.97 Å². The van der Waals surface area contributed by atoms with Crippen LogP contribution in [0.2, 0.25) is 0 Å². The van der Waals surface area contributed by atoms with Crippen LogP contribution in [-0.4, -0.2) is 49.9 Å². The lowest BCUT2D eigenvalue weighted by Crippen LogP contribution is -2.06. The number of fused-ring (bicyclic) bond motifs is 1. The number of methoxy groups -OCH3 is 1. The topological polar surface area (TPSA) is 108 Å². The number of para-hydroxylation sites is 1. The van der Waals surface area contributed by atoms with Gasteiger partial charge in [-0.15, -0.1) is 10.2 Å². The van der Waals surface area contributed by atoms with Crippen molar-refractivity contribution >= 4 is 17.0 Å². The van der Waals surface area contributed by atoms with Crippen molar-refractivity contribution in [3.63, 3.8) is 0 Å². The van der Waals surface area contributed by atoms with Crippen LogP contribution in [0.15, 0.2) is 73.3 Å². The first kappa shape index (κ1) is 22.0. The van der Waals surface area contributed by atoms with Crippen LogP contribution in [0.5, 0.6) is 5.75 Å². The maximum Gasteiger partial charge on any atom is 0.340 e. The van der Waals surface area contributed by atoms with Crippen LogP contribution >= 0.6 is 0 Å². The Kier molecular flexibility index (Phi) is 5.80. The number of ether oxygens (including phenoxy) is 2. The second-order valence-electron chi connectivity index (χ2n) is 7.72. The Balaban J connectivity index is 1.72. The highest BCUT2D eigenvalue weighted by atomic mass is 16.5. The summed E-state index contributed by atoms with van der Waals surface area (Å²) in [5.41, 5.74) is 5.16. The number of imidazole rings is 1. The second kappa shape index (κ2) is 9.22. The van der Waals surface area contributed by atoms with E-state index in [1.807, 2.05) is 60.0 Å². The molecule has 9 heteroatoms. The Bertz CT molecular complexity index is 1540. The number of rotatable bonds is 7. The molecule has 1 N–H and O–H groups in total. The number of carbonyl (C=O) groups excluding carboxylic acids is 1. The minimum atomic E-state index is -0.425. The molecule has 2 heterocycles. The number of aryl methyl sites for hydroxylation is 1. The fourth-order valence-electron chi connectivity index (χ4n) is 4.16. The number of aromatic amines is 1. The lowest BCUT2D eigenvalue weighted by atomic mass is 9.98. The molecule has 0 aliphatic rings. The zero-order valence-electron chi connectivity index (χ0n) is 19.2. The molecule has 0 unspecified atom stereocenters. The highest BCUT2D eigenvalue weighted by Crippen LogP contribution is 2.38. The van der Waals surface area contributed by atoms with Crippen LogP contribution < -0.4 is 4.74 Å². The molecule has 0 fully saturated rings. The smallest absolute Gasteiger partial charge is 0.340 e. The van der Waals surface area contributed by atoms with Gasteiger partial charge in [0.15, 0.2) is 0 Å². The Morgan fingerprint density at radius 2 is 1.91 bits per heavy atom. The fourth-order valence-corrected chi connectivity index (χ4v) is 4.16. The minimum Gasteiger partial charge on any atom is -0.489 e. The van der Waals surface area contributed by atoms with E-state index in [1.54, 1.807) is 18.2 Å². The maximum atomic E-state index is 12.5. The van der Waals surface area contributed by atoms with E-state index in [0.29, 0.717) is 34.8 Å². The molecule has 0 atom stereocenters. The van der Waals surface area contributed by atoms with Gasteiger partial charge in [0.2, 0.25) is 5.82 Å². The third-order valence-corrected chi connectivity index (χ3v) is 5.63. The van der Waals surface area contributed by atoms with Crippen molar-refractivity contribution in [3.05, 3.63) is 84.7 Å². The number of H-pyrrole nitrogens is 1. The highest BCUT2D eigenvalue weighted by molar-refractivity contribution is 6.03. The molecule has 3 aromatic carbocycles. The van der Waals surface area contributed by atoms with Gasteiger partial charge in [-0.25, -0.2) is 9.78 Å². The zero-order valence-corrected chi connectivity index (χ0v) is 19.2. The minimum absolute atomic E-state index is 0.317. The van der Waals surface area contributed by atoms with Gasteiger partial charge in [-0.1, -0.05) is 43.0 Å². The first-order valence-corrected chi connectivity index (χ1v) is 10.9. The molecule has 0 spiro atoms. The molecule has 9 nitrogen and oxygen atoms in total. The van der Waals surface area contributed by atoms with Gasteiger partial charge in [0.05, 0.1) is 29.4 Å². The molecule has 0 saturated carbocycles. The largest absolute Gasteiger partial charge is 0.489 e. The van der Waals surface area contributed by atoms with Crippen molar-refractivity contribution in [2.24, 2.45) is 0 Å². The first-order chi connectivity index (χ1) is 17.1. The van der Waals surface area contributed by atoms with E-state index in [4.69, 9.17) is 9.47 Å². The lowest BCUT2D eigenvalue weighted by Gasteiger charge is -2.16. The number of aromatic nitrogens is 6. The third kappa shape index (κ3) is 3.93. The van der Waals surface area contributed by atoms with Crippen LogP contribution in [0.25, 0.3) is 39.2 Å². The Labute approximate surface area is 201 Å². The molecule has 5 aromatic rings. The molecule has 174 valence electrons. The van der Waals surface area contributed by atoms with E-state index >= 15 is 0 Å². The predicted molar refractivity (Wildman–Crippen MR) is 131 cm³/mol. The van der Waals surface area contributed by atoms with Gasteiger partial charge in [-0.2, -0.15) is 5.21 Å². The van der Waals surface area contributed by atoms with Crippen LogP contribution in [0.4, 0.5) is 0 Å². The number of esters is 1. The molecule has 0 amide bonds. The molecule has 2 aromatic heterocycles. The molecule has 0 bridgehead atoms. The normalized spacial score (nSPS) is 10.9. The summed E-state index contributed by atoms with van der Waals surface area (Å²) in [6, 6.07) is 19.0. The second-order valence-corrected chi connectivity index (χ2v) is 7.72. The quantitative estimate of drug-likeness (QED) is 0.277. The van der Waals surface area contributed by atoms with Crippen LogP contribution in [0, 0.1) is 6.92 Å². The van der Waals surface area contributed by atoms with Crippen molar-refractivity contribution in [2.75, 3.05) is 13.7 Å². The van der Waals surface area contributed by atoms with Gasteiger partial charge in [0.1, 0.15) is 18.2 Å². The summed E-state index contributed by atoms with van der Waals surface area (Å²) >= 11 is 0. The SMILES string of the molecule is C=CCOc1cc(-n2c(C)nc3cccc(C(=O)OC)c32)ccc1-c1ccccc1-c1nn[nH]n1. The van der Waals surface area contributed by atoms with Crippen molar-refractivity contribution in [2.45, 2.75) is 6.92 Å². The molecule has 0 aliphatic carbocycles. The number of benzene rings is 3.